The van der Waals surface area contributed by atoms with Crippen LogP contribution in [0.25, 0.3) is 11.3 Å². The summed E-state index contributed by atoms with van der Waals surface area (Å²) >= 11 is 3.43. The van der Waals surface area contributed by atoms with Gasteiger partial charge in [-0.15, -0.1) is 0 Å². The van der Waals surface area contributed by atoms with Gasteiger partial charge in [0.1, 0.15) is 5.56 Å². The summed E-state index contributed by atoms with van der Waals surface area (Å²) in [6.07, 6.45) is 0. The number of carbonyl (C=O) groups is 1. The molecule has 0 aliphatic heterocycles. The standard InChI is InChI=1S/C20H18BrN3O2/c1-3-26-19(25)17-13(2)22-20(23-16-7-5-4-6-8-16)24-18(17)14-9-11-15(21)12-10-14/h4-12H,3H2,1-2H3,(H,22,23,24). The van der Waals surface area contributed by atoms with Crippen molar-refractivity contribution in [2.45, 2.75) is 13.8 Å². The van der Waals surface area contributed by atoms with Crippen molar-refractivity contribution in [1.82, 2.24) is 9.97 Å². The Kier molecular flexibility index (Phi) is 5.63. The number of aromatic nitrogens is 2. The van der Waals surface area contributed by atoms with Crippen LogP contribution < -0.4 is 5.32 Å². The lowest BCUT2D eigenvalue weighted by Crippen LogP contribution is -2.13. The van der Waals surface area contributed by atoms with Crippen LogP contribution in [0.3, 0.4) is 0 Å². The summed E-state index contributed by atoms with van der Waals surface area (Å²) in [6.45, 7) is 3.85. The first-order valence-electron chi connectivity index (χ1n) is 8.22. The van der Waals surface area contributed by atoms with E-state index in [1.807, 2.05) is 54.6 Å². The van der Waals surface area contributed by atoms with E-state index in [1.54, 1.807) is 13.8 Å². The van der Waals surface area contributed by atoms with Gasteiger partial charge in [0.25, 0.3) is 0 Å². The highest BCUT2D eigenvalue weighted by Crippen LogP contribution is 2.28. The van der Waals surface area contributed by atoms with E-state index in [4.69, 9.17) is 4.74 Å². The number of hydrogen-bond acceptors (Lipinski definition) is 5. The van der Waals surface area contributed by atoms with Gasteiger partial charge >= 0.3 is 5.97 Å². The van der Waals surface area contributed by atoms with Crippen molar-refractivity contribution in [2.75, 3.05) is 11.9 Å². The van der Waals surface area contributed by atoms with E-state index < -0.39 is 5.97 Å². The van der Waals surface area contributed by atoms with Gasteiger partial charge in [0, 0.05) is 15.7 Å². The Morgan fingerprint density at radius 3 is 2.42 bits per heavy atom. The summed E-state index contributed by atoms with van der Waals surface area (Å²) in [4.78, 5) is 21.5. The van der Waals surface area contributed by atoms with Gasteiger partial charge in [0.2, 0.25) is 5.95 Å². The van der Waals surface area contributed by atoms with E-state index in [2.05, 4.69) is 31.2 Å². The van der Waals surface area contributed by atoms with Crippen LogP contribution in [-0.4, -0.2) is 22.5 Å². The Balaban J connectivity index is 2.10. The molecule has 0 radical (unpaired) electrons. The zero-order valence-electron chi connectivity index (χ0n) is 14.5. The maximum Gasteiger partial charge on any atom is 0.342 e. The first-order chi connectivity index (χ1) is 12.6. The van der Waals surface area contributed by atoms with Gasteiger partial charge in [0.15, 0.2) is 0 Å². The van der Waals surface area contributed by atoms with Crippen LogP contribution in [0.2, 0.25) is 0 Å². The van der Waals surface area contributed by atoms with E-state index in [9.17, 15) is 4.79 Å². The lowest BCUT2D eigenvalue weighted by atomic mass is 10.0. The molecule has 0 aliphatic carbocycles. The van der Waals surface area contributed by atoms with E-state index in [-0.39, 0.29) is 0 Å². The largest absolute Gasteiger partial charge is 0.462 e. The van der Waals surface area contributed by atoms with Gasteiger partial charge in [-0.1, -0.05) is 46.3 Å². The molecule has 0 aliphatic rings. The fourth-order valence-electron chi connectivity index (χ4n) is 2.54. The Bertz CT molecular complexity index is 912. The fraction of sp³-hybridized carbons (Fsp3) is 0.150. The topological polar surface area (TPSA) is 64.1 Å². The second-order valence-electron chi connectivity index (χ2n) is 5.57. The molecule has 3 aromatic rings. The summed E-state index contributed by atoms with van der Waals surface area (Å²) in [6, 6.07) is 17.3. The highest BCUT2D eigenvalue weighted by atomic mass is 79.9. The lowest BCUT2D eigenvalue weighted by molar-refractivity contribution is 0.0525. The highest BCUT2D eigenvalue weighted by molar-refractivity contribution is 9.10. The first-order valence-corrected chi connectivity index (χ1v) is 9.01. The van der Waals surface area contributed by atoms with Crippen LogP contribution in [0.1, 0.15) is 23.0 Å². The Morgan fingerprint density at radius 1 is 1.08 bits per heavy atom. The number of esters is 1. The molecule has 6 heteroatoms. The average Bonchev–Trinajstić information content (AvgIpc) is 2.63. The summed E-state index contributed by atoms with van der Waals surface area (Å²) in [7, 11) is 0. The first kappa shape index (κ1) is 18.1. The van der Waals surface area contributed by atoms with Crippen LogP contribution in [0, 0.1) is 6.92 Å². The van der Waals surface area contributed by atoms with E-state index in [1.165, 1.54) is 0 Å². The van der Waals surface area contributed by atoms with E-state index >= 15 is 0 Å². The minimum atomic E-state index is -0.422. The molecule has 0 fully saturated rings. The quantitative estimate of drug-likeness (QED) is 0.589. The number of rotatable bonds is 5. The molecule has 0 bridgehead atoms. The smallest absolute Gasteiger partial charge is 0.342 e. The molecule has 3 rings (SSSR count). The van der Waals surface area contributed by atoms with Crippen LogP contribution in [-0.2, 0) is 4.74 Å². The van der Waals surface area contributed by atoms with Crippen molar-refractivity contribution >= 4 is 33.5 Å². The van der Waals surface area contributed by atoms with Crippen molar-refractivity contribution in [2.24, 2.45) is 0 Å². The maximum absolute atomic E-state index is 12.5. The summed E-state index contributed by atoms with van der Waals surface area (Å²) in [5.41, 5.74) is 3.18. The normalized spacial score (nSPS) is 10.4. The minimum absolute atomic E-state index is 0.294. The van der Waals surface area contributed by atoms with Gasteiger partial charge in [-0.2, -0.15) is 0 Å². The number of anilines is 2. The monoisotopic (exact) mass is 411 g/mol. The number of nitrogens with zero attached hydrogens (tertiary/aromatic N) is 2. The van der Waals surface area contributed by atoms with Gasteiger partial charge in [-0.05, 0) is 38.1 Å². The number of carbonyl (C=O) groups excluding carboxylic acids is 1. The van der Waals surface area contributed by atoms with Crippen molar-refractivity contribution in [3.63, 3.8) is 0 Å². The molecule has 0 saturated carbocycles. The molecule has 26 heavy (non-hydrogen) atoms. The van der Waals surface area contributed by atoms with Crippen molar-refractivity contribution in [1.29, 1.82) is 0 Å². The SMILES string of the molecule is CCOC(=O)c1c(C)nc(Nc2ccccc2)nc1-c1ccc(Br)cc1. The Hall–Kier alpha value is -2.73. The van der Waals surface area contributed by atoms with Gasteiger partial charge in [0.05, 0.1) is 18.0 Å². The maximum atomic E-state index is 12.5. The number of halogens is 1. The second-order valence-corrected chi connectivity index (χ2v) is 6.49. The van der Waals surface area contributed by atoms with Crippen LogP contribution in [0.4, 0.5) is 11.6 Å². The van der Waals surface area contributed by atoms with Gasteiger partial charge in [-0.3, -0.25) is 0 Å². The zero-order chi connectivity index (χ0) is 18.5. The Labute approximate surface area is 160 Å². The molecule has 132 valence electrons. The highest BCUT2D eigenvalue weighted by Gasteiger charge is 2.21. The van der Waals surface area contributed by atoms with E-state index in [0.29, 0.717) is 29.5 Å². The molecule has 0 unspecified atom stereocenters. The molecule has 1 N–H and O–H groups in total. The molecule has 0 amide bonds. The van der Waals surface area contributed by atoms with Gasteiger partial charge < -0.3 is 10.1 Å². The number of ether oxygens (including phenoxy) is 1. The zero-order valence-corrected chi connectivity index (χ0v) is 16.1. The third kappa shape index (κ3) is 4.08. The average molecular weight is 412 g/mol. The van der Waals surface area contributed by atoms with E-state index in [0.717, 1.165) is 15.7 Å². The van der Waals surface area contributed by atoms with Crippen molar-refractivity contribution in [3.8, 4) is 11.3 Å². The van der Waals surface area contributed by atoms with Crippen molar-refractivity contribution in [3.05, 3.63) is 70.3 Å². The molecular formula is C20H18BrN3O2. The predicted octanol–water partition coefficient (Wildman–Crippen LogP) is 5.13. The molecular weight excluding hydrogens is 394 g/mol. The number of nitrogens with one attached hydrogen (secondary N) is 1. The predicted molar refractivity (Wildman–Crippen MR) is 106 cm³/mol. The molecule has 5 nitrogen and oxygen atoms in total. The fourth-order valence-corrected chi connectivity index (χ4v) is 2.81. The molecule has 0 spiro atoms. The third-order valence-corrected chi connectivity index (χ3v) is 4.25. The second kappa shape index (κ2) is 8.10. The molecule has 0 atom stereocenters. The molecule has 1 aromatic heterocycles. The molecule has 1 heterocycles. The number of hydrogen-bond donors (Lipinski definition) is 1. The summed E-state index contributed by atoms with van der Waals surface area (Å²) in [5, 5.41) is 3.18. The summed E-state index contributed by atoms with van der Waals surface area (Å²) < 4.78 is 6.16. The molecule has 2 aromatic carbocycles. The van der Waals surface area contributed by atoms with Gasteiger partial charge in [-0.25, -0.2) is 14.8 Å². The van der Waals surface area contributed by atoms with Crippen LogP contribution in [0.5, 0.6) is 0 Å². The number of benzene rings is 2. The summed E-state index contributed by atoms with van der Waals surface area (Å²) in [5.74, 6) is 0.00819. The van der Waals surface area contributed by atoms with Crippen LogP contribution >= 0.6 is 15.9 Å². The molecule has 0 saturated heterocycles. The number of para-hydroxylation sites is 1. The Morgan fingerprint density at radius 2 is 1.77 bits per heavy atom. The van der Waals surface area contributed by atoms with Crippen LogP contribution in [0.15, 0.2) is 59.1 Å². The third-order valence-electron chi connectivity index (χ3n) is 3.72. The number of aryl methyl sites for hydroxylation is 1. The van der Waals surface area contributed by atoms with Crippen molar-refractivity contribution < 1.29 is 9.53 Å². The minimum Gasteiger partial charge on any atom is -0.462 e. The lowest BCUT2D eigenvalue weighted by Gasteiger charge is -2.14.